The van der Waals surface area contributed by atoms with E-state index in [4.69, 9.17) is 19.6 Å². The number of carbonyl (C=O) groups is 1. The molecule has 194 valence electrons. The Morgan fingerprint density at radius 2 is 2.00 bits per heavy atom. The Kier molecular flexibility index (Phi) is 8.14. The van der Waals surface area contributed by atoms with Gasteiger partial charge in [-0.15, -0.1) is 0 Å². The lowest BCUT2D eigenvalue weighted by Gasteiger charge is -2.18. The second kappa shape index (κ2) is 11.3. The van der Waals surface area contributed by atoms with Crippen molar-refractivity contribution in [1.82, 2.24) is 24.8 Å². The van der Waals surface area contributed by atoms with Gasteiger partial charge in [0.25, 0.3) is 0 Å². The van der Waals surface area contributed by atoms with Crippen molar-refractivity contribution in [2.45, 2.75) is 47.0 Å². The van der Waals surface area contributed by atoms with Crippen molar-refractivity contribution in [3.05, 3.63) is 41.2 Å². The minimum atomic E-state index is 0.0975. The zero-order valence-corrected chi connectivity index (χ0v) is 22.4. The molecule has 8 nitrogen and oxygen atoms in total. The first-order chi connectivity index (χ1) is 17.3. The summed E-state index contributed by atoms with van der Waals surface area (Å²) in [4.78, 5) is 19.9. The van der Waals surface area contributed by atoms with Gasteiger partial charge in [0.2, 0.25) is 5.91 Å². The lowest BCUT2D eigenvalue weighted by atomic mass is 10.1. The maximum Gasteiger partial charge on any atom is 0.220 e. The monoisotopic (exact) mass is 493 g/mol. The van der Waals surface area contributed by atoms with Gasteiger partial charge in [-0.25, -0.2) is 9.50 Å². The normalized spacial score (nSPS) is 16.1. The van der Waals surface area contributed by atoms with Crippen molar-refractivity contribution in [3.8, 4) is 22.8 Å². The third-order valence-corrected chi connectivity index (χ3v) is 7.03. The highest BCUT2D eigenvalue weighted by Gasteiger charge is 2.23. The van der Waals surface area contributed by atoms with Crippen molar-refractivity contribution >= 4 is 11.6 Å². The molecule has 2 aromatic heterocycles. The molecule has 3 aromatic rings. The number of nitrogens with zero attached hydrogens (tertiary/aromatic N) is 4. The van der Waals surface area contributed by atoms with Gasteiger partial charge in [0.15, 0.2) is 5.65 Å². The van der Waals surface area contributed by atoms with Gasteiger partial charge in [-0.05, 0) is 62.8 Å². The Bertz CT molecular complexity index is 1220. The van der Waals surface area contributed by atoms with Gasteiger partial charge in [-0.2, -0.15) is 5.10 Å². The summed E-state index contributed by atoms with van der Waals surface area (Å²) in [5.41, 5.74) is 5.43. The number of carbonyl (C=O) groups excluding carboxylic acids is 1. The molecule has 0 spiro atoms. The molecule has 1 saturated heterocycles. The molecule has 1 aliphatic heterocycles. The molecule has 1 atom stereocenters. The van der Waals surface area contributed by atoms with Crippen molar-refractivity contribution in [2.24, 2.45) is 11.8 Å². The molecule has 1 N–H and O–H groups in total. The molecule has 36 heavy (non-hydrogen) atoms. The predicted octanol–water partition coefficient (Wildman–Crippen LogP) is 4.06. The number of fused-ring (bicyclic) bond motifs is 1. The summed E-state index contributed by atoms with van der Waals surface area (Å²) in [7, 11) is 3.27. The van der Waals surface area contributed by atoms with E-state index in [-0.39, 0.29) is 5.91 Å². The van der Waals surface area contributed by atoms with Crippen molar-refractivity contribution in [1.29, 1.82) is 0 Å². The molecule has 1 aliphatic rings. The smallest absolute Gasteiger partial charge is 0.220 e. The molecule has 0 aliphatic carbocycles. The Balaban J connectivity index is 1.42. The zero-order valence-electron chi connectivity index (χ0n) is 22.4. The van der Waals surface area contributed by atoms with E-state index < -0.39 is 0 Å². The van der Waals surface area contributed by atoms with Crippen LogP contribution >= 0.6 is 0 Å². The van der Waals surface area contributed by atoms with E-state index >= 15 is 0 Å². The molecular weight excluding hydrogens is 454 g/mol. The van der Waals surface area contributed by atoms with E-state index in [2.05, 4.69) is 24.1 Å². The molecule has 1 amide bonds. The van der Waals surface area contributed by atoms with Crippen molar-refractivity contribution < 1.29 is 14.3 Å². The average Bonchev–Trinajstić information content (AvgIpc) is 3.48. The van der Waals surface area contributed by atoms with Gasteiger partial charge in [0.1, 0.15) is 11.5 Å². The van der Waals surface area contributed by atoms with Gasteiger partial charge < -0.3 is 19.7 Å². The predicted molar refractivity (Wildman–Crippen MR) is 142 cm³/mol. The number of hydrogen-bond acceptors (Lipinski definition) is 6. The standard InChI is InChI=1S/C28H39N5O3/c1-18(2)16-32-12-11-21(17-32)15-29-28(34)10-9-23-19(3)30-27-14-25(31-33(27)20(23)4)24-8-7-22(35-5)13-26(24)36-6/h7-8,13-14,18,21H,9-12,15-17H2,1-6H3,(H,29,34). The molecule has 4 rings (SSSR count). The molecule has 0 saturated carbocycles. The molecule has 1 aromatic carbocycles. The number of ether oxygens (including phenoxy) is 2. The summed E-state index contributed by atoms with van der Waals surface area (Å²) in [6.07, 6.45) is 2.24. The number of aromatic nitrogens is 3. The van der Waals surface area contributed by atoms with Gasteiger partial charge in [0, 0.05) is 55.1 Å². The maximum absolute atomic E-state index is 12.6. The Labute approximate surface area is 214 Å². The third-order valence-electron chi connectivity index (χ3n) is 7.03. The average molecular weight is 494 g/mol. The number of rotatable bonds is 10. The number of aryl methyl sites for hydroxylation is 2. The Morgan fingerprint density at radius 3 is 2.72 bits per heavy atom. The minimum Gasteiger partial charge on any atom is -0.497 e. The number of likely N-dealkylation sites (tertiary alicyclic amines) is 1. The van der Waals surface area contributed by atoms with Crippen LogP contribution in [0.3, 0.4) is 0 Å². The summed E-state index contributed by atoms with van der Waals surface area (Å²) in [5.74, 6) is 2.75. The molecule has 0 bridgehead atoms. The van der Waals surface area contributed by atoms with Crippen molar-refractivity contribution in [2.75, 3.05) is 40.4 Å². The van der Waals surface area contributed by atoms with E-state index in [0.717, 1.165) is 72.2 Å². The summed E-state index contributed by atoms with van der Waals surface area (Å²) in [5, 5.41) is 7.98. The van der Waals surface area contributed by atoms with Crippen LogP contribution in [-0.2, 0) is 11.2 Å². The largest absolute Gasteiger partial charge is 0.497 e. The second-order valence-corrected chi connectivity index (χ2v) is 10.2. The zero-order chi connectivity index (χ0) is 25.8. The van der Waals surface area contributed by atoms with Gasteiger partial charge in [-0.1, -0.05) is 13.8 Å². The van der Waals surface area contributed by atoms with Crippen LogP contribution in [0.2, 0.25) is 0 Å². The second-order valence-electron chi connectivity index (χ2n) is 10.2. The number of amides is 1. The van der Waals surface area contributed by atoms with E-state index in [1.807, 2.05) is 42.6 Å². The van der Waals surface area contributed by atoms with Crippen LogP contribution in [0.1, 0.15) is 43.6 Å². The molecule has 8 heteroatoms. The number of methoxy groups -OCH3 is 2. The van der Waals surface area contributed by atoms with Gasteiger partial charge >= 0.3 is 0 Å². The van der Waals surface area contributed by atoms with E-state index in [1.54, 1.807) is 14.2 Å². The van der Waals surface area contributed by atoms with Gasteiger partial charge in [0.05, 0.1) is 19.9 Å². The number of nitrogens with one attached hydrogen (secondary N) is 1. The van der Waals surface area contributed by atoms with Crippen LogP contribution in [0.5, 0.6) is 11.5 Å². The molecular formula is C28H39N5O3. The highest BCUT2D eigenvalue weighted by atomic mass is 16.5. The fourth-order valence-electron chi connectivity index (χ4n) is 5.18. The number of hydrogen-bond donors (Lipinski definition) is 1. The molecule has 3 heterocycles. The van der Waals surface area contributed by atoms with Gasteiger partial charge in [-0.3, -0.25) is 4.79 Å². The SMILES string of the molecule is COc1ccc(-c2cc3nc(C)c(CCC(=O)NCC4CCN(CC(C)C)C4)c(C)n3n2)c(OC)c1. The molecule has 1 unspecified atom stereocenters. The van der Waals surface area contributed by atoms with Crippen LogP contribution in [0.25, 0.3) is 16.9 Å². The van der Waals surface area contributed by atoms with Crippen LogP contribution in [-0.4, -0.2) is 65.8 Å². The van der Waals surface area contributed by atoms with E-state index in [1.165, 1.54) is 0 Å². The van der Waals surface area contributed by atoms with E-state index in [9.17, 15) is 4.79 Å². The summed E-state index contributed by atoms with van der Waals surface area (Å²) < 4.78 is 12.7. The van der Waals surface area contributed by atoms with E-state index in [0.29, 0.717) is 30.4 Å². The number of benzene rings is 1. The lowest BCUT2D eigenvalue weighted by molar-refractivity contribution is -0.121. The first-order valence-electron chi connectivity index (χ1n) is 12.9. The quantitative estimate of drug-likeness (QED) is 0.459. The molecule has 1 fully saturated rings. The Morgan fingerprint density at radius 1 is 1.19 bits per heavy atom. The highest BCUT2D eigenvalue weighted by Crippen LogP contribution is 2.33. The first kappa shape index (κ1) is 25.9. The molecule has 0 radical (unpaired) electrons. The van der Waals surface area contributed by atoms with Crippen LogP contribution < -0.4 is 14.8 Å². The first-order valence-corrected chi connectivity index (χ1v) is 12.9. The summed E-state index contributed by atoms with van der Waals surface area (Å²) in [6, 6.07) is 7.65. The summed E-state index contributed by atoms with van der Waals surface area (Å²) in [6.45, 7) is 12.7. The fourth-order valence-corrected chi connectivity index (χ4v) is 5.18. The minimum absolute atomic E-state index is 0.0975. The third kappa shape index (κ3) is 5.81. The van der Waals surface area contributed by atoms with Crippen molar-refractivity contribution in [3.63, 3.8) is 0 Å². The topological polar surface area (TPSA) is 81.0 Å². The van der Waals surface area contributed by atoms with Crippen LogP contribution in [0, 0.1) is 25.7 Å². The summed E-state index contributed by atoms with van der Waals surface area (Å²) >= 11 is 0. The lowest BCUT2D eigenvalue weighted by Crippen LogP contribution is -2.32. The fraction of sp³-hybridized carbons (Fsp3) is 0.536. The highest BCUT2D eigenvalue weighted by molar-refractivity contribution is 5.76. The van der Waals surface area contributed by atoms with Crippen LogP contribution in [0.15, 0.2) is 24.3 Å². The van der Waals surface area contributed by atoms with Crippen LogP contribution in [0.4, 0.5) is 0 Å². The maximum atomic E-state index is 12.6. The Hall–Kier alpha value is -3.13.